The second-order valence-corrected chi connectivity index (χ2v) is 8.38. The molecule has 2 aromatic heterocycles. The van der Waals surface area contributed by atoms with Crippen LogP contribution in [0.1, 0.15) is 12.1 Å². The summed E-state index contributed by atoms with van der Waals surface area (Å²) in [6.45, 7) is 3.03. The summed E-state index contributed by atoms with van der Waals surface area (Å²) in [6, 6.07) is 14.1. The van der Waals surface area contributed by atoms with Crippen LogP contribution >= 0.6 is 11.6 Å². The van der Waals surface area contributed by atoms with Gasteiger partial charge in [0.05, 0.1) is 23.4 Å². The van der Waals surface area contributed by atoms with Crippen molar-refractivity contribution in [1.29, 1.82) is 0 Å². The van der Waals surface area contributed by atoms with Crippen LogP contribution in [-0.4, -0.2) is 60.1 Å². The number of ether oxygens (including phenoxy) is 3. The SMILES string of the molecule is O=c1cc(OCc2ccc(Cl)cn2)ccn1-c1ccc(OCCN2CC[C@@H](OCCF)C2)cc1. The Morgan fingerprint density at radius 3 is 2.65 bits per heavy atom. The summed E-state index contributed by atoms with van der Waals surface area (Å²) in [5.41, 5.74) is 1.25. The highest BCUT2D eigenvalue weighted by Gasteiger charge is 2.22. The second kappa shape index (κ2) is 12.0. The van der Waals surface area contributed by atoms with Gasteiger partial charge in [-0.1, -0.05) is 11.6 Å². The molecule has 34 heavy (non-hydrogen) atoms. The van der Waals surface area contributed by atoms with Gasteiger partial charge in [0.15, 0.2) is 0 Å². The van der Waals surface area contributed by atoms with Crippen LogP contribution in [0.3, 0.4) is 0 Å². The predicted molar refractivity (Wildman–Crippen MR) is 128 cm³/mol. The summed E-state index contributed by atoms with van der Waals surface area (Å²) in [6.07, 6.45) is 4.27. The minimum Gasteiger partial charge on any atom is -0.492 e. The van der Waals surface area contributed by atoms with Crippen molar-refractivity contribution in [2.24, 2.45) is 0 Å². The van der Waals surface area contributed by atoms with Crippen LogP contribution < -0.4 is 15.0 Å². The molecule has 0 bridgehead atoms. The molecular weight excluding hydrogens is 461 g/mol. The van der Waals surface area contributed by atoms with E-state index in [1.165, 1.54) is 6.07 Å². The van der Waals surface area contributed by atoms with Crippen LogP contribution in [0.25, 0.3) is 5.69 Å². The molecule has 0 amide bonds. The third-order valence-electron chi connectivity index (χ3n) is 5.52. The van der Waals surface area contributed by atoms with E-state index in [-0.39, 0.29) is 24.9 Å². The van der Waals surface area contributed by atoms with E-state index in [0.717, 1.165) is 43.2 Å². The maximum Gasteiger partial charge on any atom is 0.258 e. The lowest BCUT2D eigenvalue weighted by Gasteiger charge is -2.16. The lowest BCUT2D eigenvalue weighted by Crippen LogP contribution is -2.28. The number of benzene rings is 1. The van der Waals surface area contributed by atoms with Crippen molar-refractivity contribution in [3.63, 3.8) is 0 Å². The Bertz CT molecular complexity index is 1110. The third kappa shape index (κ3) is 6.79. The number of nitrogens with zero attached hydrogens (tertiary/aromatic N) is 3. The quantitative estimate of drug-likeness (QED) is 0.408. The lowest BCUT2D eigenvalue weighted by atomic mass is 10.3. The molecule has 9 heteroatoms. The molecular formula is C25H27ClFN3O4. The van der Waals surface area contributed by atoms with E-state index in [1.54, 1.807) is 35.2 Å². The van der Waals surface area contributed by atoms with Gasteiger partial charge in [0.25, 0.3) is 5.56 Å². The molecule has 1 atom stereocenters. The number of pyridine rings is 2. The zero-order chi connectivity index (χ0) is 23.8. The van der Waals surface area contributed by atoms with Gasteiger partial charge in [-0.15, -0.1) is 0 Å². The van der Waals surface area contributed by atoms with Gasteiger partial charge >= 0.3 is 0 Å². The van der Waals surface area contributed by atoms with E-state index in [0.29, 0.717) is 17.4 Å². The number of aromatic nitrogens is 2. The Hall–Kier alpha value is -2.94. The minimum atomic E-state index is -0.443. The summed E-state index contributed by atoms with van der Waals surface area (Å²) in [5.74, 6) is 1.20. The topological polar surface area (TPSA) is 65.8 Å². The van der Waals surface area contributed by atoms with Crippen molar-refractivity contribution < 1.29 is 18.6 Å². The standard InChI is InChI=1S/C25H27ClFN3O4/c26-19-1-2-20(28-16-19)18-34-23-8-11-30(25(31)15-23)21-3-5-22(6-4-21)33-14-12-29-10-7-24(17-29)32-13-9-27/h1-6,8,11,15-16,24H,7,9-10,12-14,17-18H2/t24-/m1/s1. The van der Waals surface area contributed by atoms with E-state index in [4.69, 9.17) is 25.8 Å². The summed E-state index contributed by atoms with van der Waals surface area (Å²) in [7, 11) is 0. The van der Waals surface area contributed by atoms with Crippen molar-refractivity contribution in [2.45, 2.75) is 19.1 Å². The van der Waals surface area contributed by atoms with Gasteiger partial charge in [-0.25, -0.2) is 4.39 Å². The first kappa shape index (κ1) is 24.2. The maximum atomic E-state index is 12.6. The normalized spacial score (nSPS) is 16.0. The maximum absolute atomic E-state index is 12.6. The van der Waals surface area contributed by atoms with Crippen LogP contribution in [0.4, 0.5) is 4.39 Å². The first-order chi connectivity index (χ1) is 16.6. The molecule has 1 aromatic carbocycles. The van der Waals surface area contributed by atoms with Gasteiger partial charge in [-0.2, -0.15) is 0 Å². The van der Waals surface area contributed by atoms with Crippen molar-refractivity contribution in [2.75, 3.05) is 39.5 Å². The number of hydrogen-bond donors (Lipinski definition) is 0. The van der Waals surface area contributed by atoms with Crippen LogP contribution in [0.2, 0.25) is 5.02 Å². The van der Waals surface area contributed by atoms with E-state index in [1.807, 2.05) is 24.3 Å². The molecule has 0 unspecified atom stereocenters. The fourth-order valence-electron chi connectivity index (χ4n) is 3.76. The minimum absolute atomic E-state index is 0.110. The van der Waals surface area contributed by atoms with Crippen LogP contribution in [0.15, 0.2) is 65.7 Å². The Balaban J connectivity index is 1.26. The Morgan fingerprint density at radius 2 is 1.91 bits per heavy atom. The van der Waals surface area contributed by atoms with Gasteiger partial charge in [-0.05, 0) is 48.9 Å². The molecule has 1 fully saturated rings. The van der Waals surface area contributed by atoms with Crippen LogP contribution in [0.5, 0.6) is 11.5 Å². The highest BCUT2D eigenvalue weighted by molar-refractivity contribution is 6.30. The molecule has 3 aromatic rings. The van der Waals surface area contributed by atoms with Crippen molar-refractivity contribution in [3.05, 3.63) is 82.0 Å². The number of likely N-dealkylation sites (tertiary alicyclic amines) is 1. The highest BCUT2D eigenvalue weighted by atomic mass is 35.5. The number of alkyl halides is 1. The molecule has 0 aliphatic carbocycles. The molecule has 4 rings (SSSR count). The molecule has 1 aliphatic rings. The van der Waals surface area contributed by atoms with Gasteiger partial charge in [-0.3, -0.25) is 19.2 Å². The summed E-state index contributed by atoms with van der Waals surface area (Å²) in [5, 5.41) is 0.559. The molecule has 0 saturated carbocycles. The Morgan fingerprint density at radius 1 is 1.06 bits per heavy atom. The van der Waals surface area contributed by atoms with E-state index in [2.05, 4.69) is 9.88 Å². The fraction of sp³-hybridized carbons (Fsp3) is 0.360. The Labute approximate surface area is 202 Å². The van der Waals surface area contributed by atoms with Gasteiger partial charge in [0, 0.05) is 43.8 Å². The molecule has 7 nitrogen and oxygen atoms in total. The van der Waals surface area contributed by atoms with E-state index < -0.39 is 6.67 Å². The van der Waals surface area contributed by atoms with Gasteiger partial charge in [0.2, 0.25) is 0 Å². The molecule has 0 spiro atoms. The molecule has 3 heterocycles. The van der Waals surface area contributed by atoms with Crippen molar-refractivity contribution in [3.8, 4) is 17.2 Å². The largest absolute Gasteiger partial charge is 0.492 e. The second-order valence-electron chi connectivity index (χ2n) is 7.94. The molecule has 0 N–H and O–H groups in total. The number of hydrogen-bond acceptors (Lipinski definition) is 6. The van der Waals surface area contributed by atoms with Gasteiger partial charge < -0.3 is 14.2 Å². The fourth-order valence-corrected chi connectivity index (χ4v) is 3.87. The monoisotopic (exact) mass is 487 g/mol. The number of rotatable bonds is 11. The van der Waals surface area contributed by atoms with Crippen LogP contribution in [0, 0.1) is 0 Å². The summed E-state index contributed by atoms with van der Waals surface area (Å²) < 4.78 is 30.7. The lowest BCUT2D eigenvalue weighted by molar-refractivity contribution is 0.0492. The predicted octanol–water partition coefficient (Wildman–Crippen LogP) is 3.90. The Kier molecular flexibility index (Phi) is 8.51. The first-order valence-corrected chi connectivity index (χ1v) is 11.6. The van der Waals surface area contributed by atoms with E-state index >= 15 is 0 Å². The van der Waals surface area contributed by atoms with Crippen molar-refractivity contribution >= 4 is 11.6 Å². The summed E-state index contributed by atoms with van der Waals surface area (Å²) in [4.78, 5) is 19.0. The van der Waals surface area contributed by atoms with E-state index in [9.17, 15) is 9.18 Å². The zero-order valence-corrected chi connectivity index (χ0v) is 19.5. The molecule has 1 aliphatic heterocycles. The average molecular weight is 488 g/mol. The summed E-state index contributed by atoms with van der Waals surface area (Å²) >= 11 is 5.83. The zero-order valence-electron chi connectivity index (χ0n) is 18.7. The first-order valence-electron chi connectivity index (χ1n) is 11.2. The smallest absolute Gasteiger partial charge is 0.258 e. The van der Waals surface area contributed by atoms with Crippen LogP contribution in [-0.2, 0) is 11.3 Å². The number of halogens is 2. The highest BCUT2D eigenvalue weighted by Crippen LogP contribution is 2.17. The van der Waals surface area contributed by atoms with Crippen molar-refractivity contribution in [1.82, 2.24) is 14.5 Å². The molecule has 1 saturated heterocycles. The third-order valence-corrected chi connectivity index (χ3v) is 5.74. The average Bonchev–Trinajstić information content (AvgIpc) is 3.31. The molecule has 0 radical (unpaired) electrons. The molecule has 180 valence electrons. The van der Waals surface area contributed by atoms with Gasteiger partial charge in [0.1, 0.15) is 31.4 Å².